The van der Waals surface area contributed by atoms with Crippen molar-refractivity contribution in [1.82, 2.24) is 4.72 Å². The van der Waals surface area contributed by atoms with Gasteiger partial charge in [0.05, 0.1) is 4.90 Å². The second-order valence-electron chi connectivity index (χ2n) is 7.00. The number of rotatable bonds is 4. The van der Waals surface area contributed by atoms with Crippen molar-refractivity contribution < 1.29 is 26.3 Å². The summed E-state index contributed by atoms with van der Waals surface area (Å²) in [6, 6.07) is 4.05. The second kappa shape index (κ2) is 6.55. The monoisotopic (exact) mass is 365 g/mol. The third-order valence-corrected chi connectivity index (χ3v) is 6.34. The summed E-state index contributed by atoms with van der Waals surface area (Å²) in [5.41, 5.74) is 0.179. The topological polar surface area (TPSA) is 55.4 Å². The van der Waals surface area contributed by atoms with Gasteiger partial charge in [-0.05, 0) is 54.9 Å². The standard InChI is InChI=1S/C16H22F3NO3S/c1-11-10-12(8-9-15(11,2)3)20-24(21,22)14-6-4-13(5-7-14)23-16(17,18)19/h4-7,11-12,20H,8-10H2,1-3H3/t11-,12+/m1/s1. The molecule has 0 spiro atoms. The van der Waals surface area contributed by atoms with E-state index in [2.05, 4.69) is 30.2 Å². The Morgan fingerprint density at radius 2 is 1.79 bits per heavy atom. The fraction of sp³-hybridized carbons (Fsp3) is 0.625. The summed E-state index contributed by atoms with van der Waals surface area (Å²) in [5.74, 6) is -0.0731. The van der Waals surface area contributed by atoms with Crippen LogP contribution in [0.2, 0.25) is 0 Å². The molecular formula is C16H22F3NO3S. The summed E-state index contributed by atoms with van der Waals surface area (Å²) in [4.78, 5) is -0.0745. The molecule has 1 fully saturated rings. The molecule has 0 amide bonds. The Bertz CT molecular complexity index is 669. The smallest absolute Gasteiger partial charge is 0.406 e. The van der Waals surface area contributed by atoms with Crippen molar-refractivity contribution in [2.45, 2.75) is 57.3 Å². The van der Waals surface area contributed by atoms with E-state index in [0.29, 0.717) is 5.92 Å². The van der Waals surface area contributed by atoms with Gasteiger partial charge in [0.2, 0.25) is 10.0 Å². The lowest BCUT2D eigenvalue weighted by Gasteiger charge is -2.40. The van der Waals surface area contributed by atoms with Crippen LogP contribution in [-0.4, -0.2) is 20.8 Å². The highest BCUT2D eigenvalue weighted by atomic mass is 32.2. The third kappa shape index (κ3) is 4.86. The fourth-order valence-electron chi connectivity index (χ4n) is 2.87. The maximum atomic E-state index is 12.4. The predicted octanol–water partition coefficient (Wildman–Crippen LogP) is 4.08. The summed E-state index contributed by atoms with van der Waals surface area (Å²) in [6.45, 7) is 6.44. The van der Waals surface area contributed by atoms with E-state index in [9.17, 15) is 21.6 Å². The van der Waals surface area contributed by atoms with Crippen LogP contribution in [0.5, 0.6) is 5.75 Å². The molecule has 1 aromatic rings. The molecule has 0 saturated heterocycles. The van der Waals surface area contributed by atoms with E-state index < -0.39 is 22.1 Å². The molecule has 136 valence electrons. The average molecular weight is 365 g/mol. The minimum atomic E-state index is -4.80. The van der Waals surface area contributed by atoms with Gasteiger partial charge in [-0.25, -0.2) is 13.1 Å². The molecule has 1 aliphatic rings. The van der Waals surface area contributed by atoms with Gasteiger partial charge in [-0.3, -0.25) is 0 Å². The SMILES string of the molecule is C[C@@H]1C[C@@H](NS(=O)(=O)c2ccc(OC(F)(F)F)cc2)CCC1(C)C. The van der Waals surface area contributed by atoms with Gasteiger partial charge >= 0.3 is 6.36 Å². The molecule has 0 aliphatic heterocycles. The van der Waals surface area contributed by atoms with Gasteiger partial charge in [0.1, 0.15) is 5.75 Å². The maximum absolute atomic E-state index is 12.4. The molecule has 0 aromatic heterocycles. The third-order valence-electron chi connectivity index (χ3n) is 4.80. The second-order valence-corrected chi connectivity index (χ2v) is 8.72. The van der Waals surface area contributed by atoms with Crippen LogP contribution in [0.15, 0.2) is 29.2 Å². The largest absolute Gasteiger partial charge is 0.573 e. The number of ether oxygens (including phenoxy) is 1. The molecule has 0 bridgehead atoms. The highest BCUT2D eigenvalue weighted by Gasteiger charge is 2.35. The zero-order valence-corrected chi connectivity index (χ0v) is 14.7. The molecule has 2 rings (SSSR count). The van der Waals surface area contributed by atoms with Gasteiger partial charge in [-0.1, -0.05) is 20.8 Å². The van der Waals surface area contributed by atoms with E-state index >= 15 is 0 Å². The molecule has 1 aromatic carbocycles. The first-order chi connectivity index (χ1) is 10.9. The zero-order chi connectivity index (χ0) is 18.2. The molecule has 1 N–H and O–H groups in total. The molecule has 0 heterocycles. The van der Waals surface area contributed by atoms with Crippen LogP contribution in [0, 0.1) is 11.3 Å². The molecule has 0 radical (unpaired) electrons. The Morgan fingerprint density at radius 1 is 1.21 bits per heavy atom. The van der Waals surface area contributed by atoms with Crippen molar-refractivity contribution in [2.24, 2.45) is 11.3 Å². The molecule has 1 saturated carbocycles. The summed E-state index contributed by atoms with van der Waals surface area (Å²) in [5, 5.41) is 0. The van der Waals surface area contributed by atoms with Gasteiger partial charge in [-0.2, -0.15) is 0 Å². The number of hydrogen-bond donors (Lipinski definition) is 1. The Labute approximate surface area is 140 Å². The molecule has 8 heteroatoms. The van der Waals surface area contributed by atoms with Crippen molar-refractivity contribution in [3.63, 3.8) is 0 Å². The minimum absolute atomic E-state index is 0.0745. The van der Waals surface area contributed by atoms with Gasteiger partial charge in [0.15, 0.2) is 0 Å². The average Bonchev–Trinajstić information content (AvgIpc) is 2.42. The molecule has 24 heavy (non-hydrogen) atoms. The Hall–Kier alpha value is -1.28. The minimum Gasteiger partial charge on any atom is -0.406 e. The van der Waals surface area contributed by atoms with Gasteiger partial charge in [0.25, 0.3) is 0 Å². The number of alkyl halides is 3. The van der Waals surface area contributed by atoms with E-state index in [4.69, 9.17) is 0 Å². The maximum Gasteiger partial charge on any atom is 0.573 e. The van der Waals surface area contributed by atoms with E-state index in [1.54, 1.807) is 0 Å². The number of nitrogens with one attached hydrogen (secondary N) is 1. The van der Waals surface area contributed by atoms with Crippen molar-refractivity contribution >= 4 is 10.0 Å². The lowest BCUT2D eigenvalue weighted by molar-refractivity contribution is -0.274. The molecule has 0 unspecified atom stereocenters. The molecule has 2 atom stereocenters. The zero-order valence-electron chi connectivity index (χ0n) is 13.9. The number of hydrogen-bond acceptors (Lipinski definition) is 3. The van der Waals surface area contributed by atoms with Gasteiger partial charge < -0.3 is 4.74 Å². The normalized spacial score (nSPS) is 24.6. The Balaban J connectivity index is 2.05. The highest BCUT2D eigenvalue weighted by Crippen LogP contribution is 2.40. The first kappa shape index (κ1) is 19.1. The lowest BCUT2D eigenvalue weighted by atomic mass is 9.68. The van der Waals surface area contributed by atoms with E-state index in [0.717, 1.165) is 43.5 Å². The van der Waals surface area contributed by atoms with Crippen LogP contribution in [-0.2, 0) is 10.0 Å². The van der Waals surface area contributed by atoms with E-state index in [1.807, 2.05) is 0 Å². The lowest BCUT2D eigenvalue weighted by Crippen LogP contribution is -2.42. The Morgan fingerprint density at radius 3 is 2.29 bits per heavy atom. The Kier molecular flexibility index (Phi) is 5.20. The number of sulfonamides is 1. The van der Waals surface area contributed by atoms with Crippen LogP contribution < -0.4 is 9.46 Å². The fourth-order valence-corrected chi connectivity index (χ4v) is 4.15. The van der Waals surface area contributed by atoms with Crippen LogP contribution in [0.1, 0.15) is 40.0 Å². The van der Waals surface area contributed by atoms with Crippen LogP contribution in [0.25, 0.3) is 0 Å². The summed E-state index contributed by atoms with van der Waals surface area (Å²) < 4.78 is 67.6. The molecular weight excluding hydrogens is 343 g/mol. The summed E-state index contributed by atoms with van der Waals surface area (Å²) >= 11 is 0. The van der Waals surface area contributed by atoms with Crippen LogP contribution >= 0.6 is 0 Å². The predicted molar refractivity (Wildman–Crippen MR) is 84.0 cm³/mol. The van der Waals surface area contributed by atoms with Crippen molar-refractivity contribution in [3.05, 3.63) is 24.3 Å². The molecule has 4 nitrogen and oxygen atoms in total. The van der Waals surface area contributed by atoms with Crippen LogP contribution in [0.3, 0.4) is 0 Å². The first-order valence-electron chi connectivity index (χ1n) is 7.77. The van der Waals surface area contributed by atoms with Crippen molar-refractivity contribution in [2.75, 3.05) is 0 Å². The van der Waals surface area contributed by atoms with Gasteiger partial charge in [0, 0.05) is 6.04 Å². The van der Waals surface area contributed by atoms with Crippen molar-refractivity contribution in [1.29, 1.82) is 0 Å². The number of halogens is 3. The first-order valence-corrected chi connectivity index (χ1v) is 9.25. The number of benzene rings is 1. The molecule has 1 aliphatic carbocycles. The van der Waals surface area contributed by atoms with Crippen molar-refractivity contribution in [3.8, 4) is 5.75 Å². The highest BCUT2D eigenvalue weighted by molar-refractivity contribution is 7.89. The summed E-state index contributed by atoms with van der Waals surface area (Å²) in [6.07, 6.45) is -2.41. The van der Waals surface area contributed by atoms with E-state index in [-0.39, 0.29) is 16.4 Å². The van der Waals surface area contributed by atoms with Crippen LogP contribution in [0.4, 0.5) is 13.2 Å². The summed E-state index contributed by atoms with van der Waals surface area (Å²) in [7, 11) is -3.77. The quantitative estimate of drug-likeness (QED) is 0.875. The van der Waals surface area contributed by atoms with E-state index in [1.165, 1.54) is 0 Å². The van der Waals surface area contributed by atoms with Gasteiger partial charge in [-0.15, -0.1) is 13.2 Å².